The average Bonchev–Trinajstić information content (AvgIpc) is 3.28. The maximum atomic E-state index is 5.78. The van der Waals surface area contributed by atoms with E-state index in [1.165, 1.54) is 0 Å². The second-order valence-corrected chi connectivity index (χ2v) is 7.24. The minimum atomic E-state index is 0.513. The van der Waals surface area contributed by atoms with Crippen molar-refractivity contribution in [3.63, 3.8) is 0 Å². The number of methoxy groups -OCH3 is 2. The van der Waals surface area contributed by atoms with Crippen molar-refractivity contribution < 1.29 is 18.7 Å². The van der Waals surface area contributed by atoms with Gasteiger partial charge in [0.2, 0.25) is 11.7 Å². The molecule has 1 saturated heterocycles. The molecule has 4 rings (SSSR count). The van der Waals surface area contributed by atoms with Gasteiger partial charge in [0.05, 0.1) is 38.6 Å². The predicted octanol–water partition coefficient (Wildman–Crippen LogP) is 3.47. The summed E-state index contributed by atoms with van der Waals surface area (Å²) in [5.74, 6) is 3.41. The van der Waals surface area contributed by atoms with Crippen LogP contribution in [0.2, 0.25) is 0 Å². The first-order valence-electron chi connectivity index (χ1n) is 10.5. The maximum Gasteiger partial charge on any atom is 0.241 e. The van der Waals surface area contributed by atoms with E-state index < -0.39 is 0 Å². The molecule has 8 nitrogen and oxygen atoms in total. The average molecular weight is 425 g/mol. The van der Waals surface area contributed by atoms with Gasteiger partial charge in [0.15, 0.2) is 0 Å². The quantitative estimate of drug-likeness (QED) is 0.544. The summed E-state index contributed by atoms with van der Waals surface area (Å²) < 4.78 is 22.0. The minimum absolute atomic E-state index is 0.513. The van der Waals surface area contributed by atoms with E-state index in [1.54, 1.807) is 14.2 Å². The Kier molecular flexibility index (Phi) is 6.57. The van der Waals surface area contributed by atoms with Crippen LogP contribution in [0.1, 0.15) is 12.8 Å². The molecule has 0 aliphatic carbocycles. The van der Waals surface area contributed by atoms with Gasteiger partial charge in [-0.2, -0.15) is 4.98 Å². The third kappa shape index (κ3) is 4.74. The van der Waals surface area contributed by atoms with Gasteiger partial charge in [-0.25, -0.2) is 0 Å². The Morgan fingerprint density at radius 3 is 2.52 bits per heavy atom. The Morgan fingerprint density at radius 1 is 0.968 bits per heavy atom. The smallest absolute Gasteiger partial charge is 0.241 e. The number of nitrogens with zero attached hydrogens (tertiary/aromatic N) is 4. The van der Waals surface area contributed by atoms with Gasteiger partial charge in [-0.15, -0.1) is 0 Å². The third-order valence-corrected chi connectivity index (χ3v) is 5.35. The number of aromatic nitrogens is 2. The molecule has 0 bridgehead atoms. The van der Waals surface area contributed by atoms with E-state index in [9.17, 15) is 0 Å². The third-order valence-electron chi connectivity index (χ3n) is 5.35. The van der Waals surface area contributed by atoms with E-state index >= 15 is 0 Å². The molecule has 0 spiro atoms. The van der Waals surface area contributed by atoms with Gasteiger partial charge in [-0.05, 0) is 31.2 Å². The van der Waals surface area contributed by atoms with E-state index in [1.807, 2.05) is 37.3 Å². The fraction of sp³-hybridized carbons (Fsp3) is 0.391. The molecule has 0 unspecified atom stereocenters. The van der Waals surface area contributed by atoms with Crippen LogP contribution in [0, 0.1) is 0 Å². The Hall–Kier alpha value is -3.26. The lowest BCUT2D eigenvalue weighted by molar-refractivity contribution is 0.215. The lowest BCUT2D eigenvalue weighted by Gasteiger charge is -2.36. The van der Waals surface area contributed by atoms with E-state index in [0.29, 0.717) is 36.4 Å². The van der Waals surface area contributed by atoms with Gasteiger partial charge >= 0.3 is 0 Å². The molecular formula is C23H28N4O4. The van der Waals surface area contributed by atoms with E-state index in [2.05, 4.69) is 32.1 Å². The molecule has 0 amide bonds. The van der Waals surface area contributed by atoms with Crippen LogP contribution in [0.25, 0.3) is 11.4 Å². The molecule has 164 valence electrons. The minimum Gasteiger partial charge on any atom is -0.497 e. The summed E-state index contributed by atoms with van der Waals surface area (Å²) in [7, 11) is 3.23. The first-order valence-corrected chi connectivity index (χ1v) is 10.5. The fourth-order valence-corrected chi connectivity index (χ4v) is 3.75. The molecule has 2 aromatic carbocycles. The van der Waals surface area contributed by atoms with E-state index in [-0.39, 0.29) is 0 Å². The highest BCUT2D eigenvalue weighted by Gasteiger charge is 2.22. The van der Waals surface area contributed by atoms with Gasteiger partial charge in [0.25, 0.3) is 0 Å². The molecule has 1 aliphatic rings. The monoisotopic (exact) mass is 424 g/mol. The van der Waals surface area contributed by atoms with Crippen LogP contribution in [0.5, 0.6) is 17.2 Å². The molecular weight excluding hydrogens is 396 g/mol. The number of benzene rings is 2. The molecule has 8 heteroatoms. The number of para-hydroxylation sites is 2. The van der Waals surface area contributed by atoms with Crippen LogP contribution in [-0.4, -0.2) is 62.0 Å². The summed E-state index contributed by atoms with van der Waals surface area (Å²) in [4.78, 5) is 9.27. The van der Waals surface area contributed by atoms with Crippen molar-refractivity contribution in [3.05, 3.63) is 48.4 Å². The molecule has 31 heavy (non-hydrogen) atoms. The second-order valence-electron chi connectivity index (χ2n) is 7.24. The standard InChI is InChI=1S/C23H28N4O4/c1-4-30-20-8-6-5-7-19(20)27-13-11-26(12-14-27)16-22-24-23(25-31-22)18-10-9-17(28-2)15-21(18)29-3/h5-10,15H,4,11-14,16H2,1-3H3. The van der Waals surface area contributed by atoms with Crippen molar-refractivity contribution in [2.24, 2.45) is 0 Å². The van der Waals surface area contributed by atoms with Gasteiger partial charge in [0, 0.05) is 32.2 Å². The highest BCUT2D eigenvalue weighted by atomic mass is 16.5. The molecule has 0 radical (unpaired) electrons. The summed E-state index contributed by atoms with van der Waals surface area (Å²) in [6.45, 7) is 6.93. The number of hydrogen-bond donors (Lipinski definition) is 0. The zero-order valence-corrected chi connectivity index (χ0v) is 18.2. The van der Waals surface area contributed by atoms with Crippen LogP contribution in [0.3, 0.4) is 0 Å². The summed E-state index contributed by atoms with van der Waals surface area (Å²) in [5, 5.41) is 4.15. The zero-order chi connectivity index (χ0) is 21.6. The highest BCUT2D eigenvalue weighted by molar-refractivity contribution is 5.65. The van der Waals surface area contributed by atoms with Gasteiger partial charge < -0.3 is 23.6 Å². The number of hydrogen-bond acceptors (Lipinski definition) is 8. The van der Waals surface area contributed by atoms with Gasteiger partial charge in [-0.1, -0.05) is 17.3 Å². The van der Waals surface area contributed by atoms with Crippen LogP contribution in [-0.2, 0) is 6.54 Å². The first-order chi connectivity index (χ1) is 15.2. The summed E-state index contributed by atoms with van der Waals surface area (Å²) >= 11 is 0. The van der Waals surface area contributed by atoms with Crippen molar-refractivity contribution in [1.29, 1.82) is 0 Å². The van der Waals surface area contributed by atoms with Crippen molar-refractivity contribution in [1.82, 2.24) is 15.0 Å². The van der Waals surface area contributed by atoms with Crippen LogP contribution in [0.15, 0.2) is 47.0 Å². The van der Waals surface area contributed by atoms with Crippen molar-refractivity contribution >= 4 is 5.69 Å². The predicted molar refractivity (Wildman–Crippen MR) is 118 cm³/mol. The Bertz CT molecular complexity index is 999. The molecule has 1 fully saturated rings. The van der Waals surface area contributed by atoms with Crippen LogP contribution >= 0.6 is 0 Å². The number of ether oxygens (including phenoxy) is 3. The van der Waals surface area contributed by atoms with Crippen LogP contribution in [0.4, 0.5) is 5.69 Å². The molecule has 1 aliphatic heterocycles. The summed E-state index contributed by atoms with van der Waals surface area (Å²) in [6, 6.07) is 13.7. The summed E-state index contributed by atoms with van der Waals surface area (Å²) in [6.07, 6.45) is 0. The van der Waals surface area contributed by atoms with Crippen molar-refractivity contribution in [2.75, 3.05) is 51.9 Å². The number of rotatable bonds is 8. The summed E-state index contributed by atoms with van der Waals surface area (Å²) in [5.41, 5.74) is 1.92. The molecule has 2 heterocycles. The van der Waals surface area contributed by atoms with Gasteiger partial charge in [-0.3, -0.25) is 4.90 Å². The maximum absolute atomic E-state index is 5.78. The Balaban J connectivity index is 1.39. The van der Waals surface area contributed by atoms with E-state index in [0.717, 1.165) is 43.2 Å². The van der Waals surface area contributed by atoms with Crippen molar-refractivity contribution in [2.45, 2.75) is 13.5 Å². The molecule has 1 aromatic heterocycles. The molecule has 0 saturated carbocycles. The molecule has 3 aromatic rings. The normalized spacial score (nSPS) is 14.5. The van der Waals surface area contributed by atoms with Crippen molar-refractivity contribution in [3.8, 4) is 28.6 Å². The lowest BCUT2D eigenvalue weighted by Crippen LogP contribution is -2.46. The lowest BCUT2D eigenvalue weighted by atomic mass is 10.2. The van der Waals surface area contributed by atoms with Crippen LogP contribution < -0.4 is 19.1 Å². The number of piperazine rings is 1. The zero-order valence-electron chi connectivity index (χ0n) is 18.2. The first kappa shape index (κ1) is 21.0. The van der Waals surface area contributed by atoms with E-state index in [4.69, 9.17) is 18.7 Å². The SMILES string of the molecule is CCOc1ccccc1N1CCN(Cc2nc(-c3ccc(OC)cc3OC)no2)CC1. The Labute approximate surface area is 182 Å². The highest BCUT2D eigenvalue weighted by Crippen LogP contribution is 2.32. The second kappa shape index (κ2) is 9.70. The number of anilines is 1. The largest absolute Gasteiger partial charge is 0.497 e. The molecule has 0 atom stereocenters. The Morgan fingerprint density at radius 2 is 1.77 bits per heavy atom. The molecule has 0 N–H and O–H groups in total. The fourth-order valence-electron chi connectivity index (χ4n) is 3.75. The van der Waals surface area contributed by atoms with Gasteiger partial charge in [0.1, 0.15) is 17.2 Å². The topological polar surface area (TPSA) is 73.1 Å².